The molecular weight excluding hydrogens is 2060 g/mol. The summed E-state index contributed by atoms with van der Waals surface area (Å²) in [5.41, 5.74) is 12.5. The molecule has 6 aliphatic heterocycles. The number of isothiocyanates is 1. The van der Waals surface area contributed by atoms with Crippen molar-refractivity contribution in [2.45, 2.75) is 357 Å². The van der Waals surface area contributed by atoms with Crippen molar-refractivity contribution < 1.29 is 74.4 Å². The Bertz CT molecular complexity index is 3520. The number of esters is 3. The second kappa shape index (κ2) is 66.3. The normalized spacial score (nSPS) is 30.6. The van der Waals surface area contributed by atoms with Crippen molar-refractivity contribution in [2.24, 2.45) is 110 Å². The van der Waals surface area contributed by atoms with Crippen molar-refractivity contribution in [1.29, 1.82) is 0 Å². The molecule has 4 radical (unpaired) electrons. The van der Waals surface area contributed by atoms with Crippen molar-refractivity contribution in [3.8, 4) is 0 Å². The molecule has 0 amide bonds. The van der Waals surface area contributed by atoms with Gasteiger partial charge in [-0.3, -0.25) is 14.4 Å². The molecule has 0 aromatic carbocycles. The zero-order valence-corrected chi connectivity index (χ0v) is 96.9. The maximum atomic E-state index is 12.9. The summed E-state index contributed by atoms with van der Waals surface area (Å²) in [6.07, 6.45) is 45.6. The van der Waals surface area contributed by atoms with Crippen LogP contribution in [0, 0.1) is 105 Å². The zero-order chi connectivity index (χ0) is 100. The molecule has 6 heterocycles. The molecule has 0 aromatic rings. The van der Waals surface area contributed by atoms with E-state index in [2.05, 4.69) is 318 Å². The van der Waals surface area contributed by atoms with Gasteiger partial charge >= 0.3 is 59.2 Å². The molecule has 6 aliphatic rings. The van der Waals surface area contributed by atoms with Crippen molar-refractivity contribution in [3.63, 3.8) is 0 Å². The number of hydrogen-bond acceptors (Lipinski definition) is 17. The number of hydrogen-bond donors (Lipinski definition) is 1. The number of cyclic esters (lactones) is 3. The number of epoxide rings is 3. The first-order valence-corrected chi connectivity index (χ1v) is 58.5. The second-order valence-electron chi connectivity index (χ2n) is 41.1. The van der Waals surface area contributed by atoms with Gasteiger partial charge in [0.1, 0.15) is 30.5 Å². The molecule has 16 nitrogen and oxygen atoms in total. The van der Waals surface area contributed by atoms with E-state index < -0.39 is 6.10 Å². The molecule has 6 rings (SSSR count). The first-order chi connectivity index (χ1) is 60.6. The van der Waals surface area contributed by atoms with Gasteiger partial charge in [0.2, 0.25) is 0 Å². The molecule has 0 spiro atoms. The van der Waals surface area contributed by atoms with Gasteiger partial charge < -0.3 is 57.7 Å². The van der Waals surface area contributed by atoms with E-state index in [1.165, 1.54) is 19.3 Å². The van der Waals surface area contributed by atoms with Gasteiger partial charge in [-0.15, -0.1) is 0 Å². The van der Waals surface area contributed by atoms with Crippen LogP contribution in [0.25, 0.3) is 0 Å². The molecule has 27 atom stereocenters. The molecule has 0 aliphatic carbocycles. The summed E-state index contributed by atoms with van der Waals surface area (Å²) in [5, 5.41) is 13.6. The minimum absolute atomic E-state index is 0.00904. The van der Waals surface area contributed by atoms with E-state index in [1.54, 1.807) is 48.4 Å². The SMILES string of the molecule is CCC(C)C(C)C1OC1CC(C)(C)/C=C/C=C(\C)C1OC(=O)CC(C)CCC(C)C(O)/C=C/C1C.CCC(C)C(C)C1OC1CC(C)(C)/C=C/C=C(\C)C1OC(=O)CC(C)CCC(C)C(OC(=S)N(C)C)/C=C/C1C.CCC(C)C(C)C1OC1CC(C)(C)/C=C/C=C(\C)C1OC(=O)CC(C)CCC(C)C(OC(=S)N(C)C)/C=C/C1C.CN(C)C(=S)Cl.CN=C=S.[B]I.[B][I-]I. The van der Waals surface area contributed by atoms with Crippen LogP contribution in [0.4, 0.5) is 0 Å². The van der Waals surface area contributed by atoms with E-state index in [9.17, 15) is 19.5 Å². The molecule has 27 unspecified atom stereocenters. The Balaban J connectivity index is 0.00000178. The summed E-state index contributed by atoms with van der Waals surface area (Å²) in [5.74, 6) is 4.89. The molecule has 3 fully saturated rings. The van der Waals surface area contributed by atoms with Gasteiger partial charge in [-0.1, -0.05) is 276 Å². The molecule has 26 heteroatoms. The van der Waals surface area contributed by atoms with Crippen LogP contribution in [0.3, 0.4) is 0 Å². The molecular formula is C104H175B2ClI3N4O12S4-. The van der Waals surface area contributed by atoms with Crippen molar-refractivity contribution in [2.75, 3.05) is 49.3 Å². The van der Waals surface area contributed by atoms with E-state index >= 15 is 0 Å². The third-order valence-corrected chi connectivity index (χ3v) is 28.4. The van der Waals surface area contributed by atoms with Crippen molar-refractivity contribution in [3.05, 3.63) is 108 Å². The minimum atomic E-state index is -0.470. The van der Waals surface area contributed by atoms with Crippen LogP contribution < -0.4 is 17.0 Å². The van der Waals surface area contributed by atoms with E-state index in [1.807, 2.05) is 57.1 Å². The number of halogens is 4. The Kier molecular flexibility index (Phi) is 65.0. The second-order valence-corrected chi connectivity index (χ2v) is 46.6. The predicted molar refractivity (Wildman–Crippen MR) is 578 cm³/mol. The number of rotatable bonds is 26. The van der Waals surface area contributed by atoms with Crippen LogP contribution in [0.1, 0.15) is 283 Å². The number of aliphatic hydroxyl groups is 1. The van der Waals surface area contributed by atoms with Crippen molar-refractivity contribution in [1.82, 2.24) is 14.7 Å². The molecule has 3 saturated heterocycles. The molecule has 742 valence electrons. The van der Waals surface area contributed by atoms with E-state index in [4.69, 9.17) is 79.6 Å². The maximum absolute atomic E-state index is 12.9. The quantitative estimate of drug-likeness (QED) is 0.00738. The van der Waals surface area contributed by atoms with Crippen molar-refractivity contribution >= 4 is 151 Å². The van der Waals surface area contributed by atoms with Gasteiger partial charge in [0, 0.05) is 86.3 Å². The van der Waals surface area contributed by atoms with Gasteiger partial charge in [0.25, 0.3) is 10.3 Å². The third kappa shape index (κ3) is 52.6. The number of carbonyl (C=O) groups excluding carboxylic acids is 3. The van der Waals surface area contributed by atoms with Crippen LogP contribution in [0.5, 0.6) is 0 Å². The van der Waals surface area contributed by atoms with Crippen LogP contribution in [0.15, 0.2) is 113 Å². The number of thiocarbonyl (C=S) groups is 4. The monoisotopic (exact) mass is 2240 g/mol. The van der Waals surface area contributed by atoms with Crippen LogP contribution in [0.2, 0.25) is 0 Å². The van der Waals surface area contributed by atoms with Gasteiger partial charge in [0.15, 0.2) is 10.2 Å². The number of carbonyl (C=O) groups is 3. The fourth-order valence-electron chi connectivity index (χ4n) is 16.1. The van der Waals surface area contributed by atoms with Gasteiger partial charge in [-0.2, -0.15) is 22.4 Å². The van der Waals surface area contributed by atoms with Gasteiger partial charge in [-0.05, 0) is 244 Å². The molecule has 1 N–H and O–H groups in total. The first-order valence-electron chi connectivity index (χ1n) is 47.7. The van der Waals surface area contributed by atoms with Gasteiger partial charge in [0.05, 0.1) is 47.9 Å². The molecule has 0 aromatic heterocycles. The van der Waals surface area contributed by atoms with E-state index in [0.29, 0.717) is 106 Å². The number of aliphatic imine (C=N–C) groups is 1. The average molecular weight is 2240 g/mol. The predicted octanol–water partition coefficient (Wildman–Crippen LogP) is 23.4. The Morgan fingerprint density at radius 2 is 0.762 bits per heavy atom. The average Bonchev–Trinajstić information content (AvgIpc) is 1.66. The first kappa shape index (κ1) is 128. The summed E-state index contributed by atoms with van der Waals surface area (Å²) in [6, 6.07) is 0. The zero-order valence-electron chi connectivity index (χ0n) is 86.4. The standard InChI is InChI=1S/2C34H57NO4S.C31H52O4.C3H6ClNS.C2H3NS.BI2.BI/c2*1-12-23(3)27(7)32-29(37-32)21-34(8,9)19-13-14-25(5)31-26(6)17-18-28(38-33(40)35(10)11)24(4)16-15-22(2)20-30(36)39-31;1-10-21(3)25(7)30-27(34-30)19-31(8,9)17-11-12-23(5)29-24(6)15-16-26(32)22(4)14-13-20(2)18-28(33)35-29;1-5(2)3(4)6;1-3-2-4;1-3-2;1-2/h2*13-14,17-19,22-24,26-29,31-32H,12,15-16,20-21H2,1-11H3;11-12,15-17,20-22,24-27,29-30,32H,10,13-14,18-19H2,1-9H3;1-2H3;1H3;;/q;;;;;-1;/b2*18-17+,19-13+,25-14+;16-15+,17-11+,23-12+;;;;. The van der Waals surface area contributed by atoms with Crippen LogP contribution >= 0.6 is 101 Å². The third-order valence-electron chi connectivity index (χ3n) is 26.6. The molecule has 0 saturated carbocycles. The fraction of sp³-hybridized carbons (Fsp3) is 0.760. The van der Waals surface area contributed by atoms with E-state index in [0.717, 1.165) is 74.5 Å². The Labute approximate surface area is 855 Å². The van der Waals surface area contributed by atoms with Crippen LogP contribution in [-0.4, -0.2) is 192 Å². The van der Waals surface area contributed by atoms with Crippen LogP contribution in [-0.2, 0) is 52.3 Å². The number of aliphatic hydroxyl groups excluding tert-OH is 1. The summed E-state index contributed by atoms with van der Waals surface area (Å²) < 4.78 is 49.1. The summed E-state index contributed by atoms with van der Waals surface area (Å²) in [7, 11) is 12.8. The number of nitrogens with zero attached hydrogens (tertiary/aromatic N) is 4. The Morgan fingerprint density at radius 3 is 0.992 bits per heavy atom. The molecule has 130 heavy (non-hydrogen) atoms. The summed E-state index contributed by atoms with van der Waals surface area (Å²) >= 11 is 28.7. The summed E-state index contributed by atoms with van der Waals surface area (Å²) in [4.78, 5) is 47.1. The van der Waals surface area contributed by atoms with Gasteiger partial charge in [-0.25, -0.2) is 4.99 Å². The summed E-state index contributed by atoms with van der Waals surface area (Å²) in [6.45, 7) is 59.4. The fourth-order valence-corrected chi connectivity index (χ4v) is 16.3. The number of allylic oxidation sites excluding steroid dienone is 9. The van der Waals surface area contributed by atoms with E-state index in [-0.39, 0.29) is 135 Å². The number of ether oxygens (including phenoxy) is 8. The molecule has 0 bridgehead atoms. The topological polar surface area (TPSA) is 177 Å². The Hall–Kier alpha value is -2.41. The Morgan fingerprint density at radius 1 is 0.515 bits per heavy atom.